The molecule has 0 aliphatic carbocycles. The first-order valence-corrected chi connectivity index (χ1v) is 15.8. The lowest BCUT2D eigenvalue weighted by Gasteiger charge is -2.37. The highest BCUT2D eigenvalue weighted by Crippen LogP contribution is 2.39. The van der Waals surface area contributed by atoms with Gasteiger partial charge in [-0.25, -0.2) is 17.7 Å². The molecule has 2 saturated heterocycles. The Morgan fingerprint density at radius 1 is 1.15 bits per heavy atom. The highest BCUT2D eigenvalue weighted by atomic mass is 35.5. The van der Waals surface area contributed by atoms with E-state index in [-0.39, 0.29) is 17.9 Å². The number of nitrogens with zero attached hydrogens (tertiary/aromatic N) is 5. The number of nitrogens with one attached hydrogen (secondary N) is 3. The van der Waals surface area contributed by atoms with Crippen LogP contribution in [0, 0.1) is 0 Å². The van der Waals surface area contributed by atoms with Gasteiger partial charge >= 0.3 is 0 Å². The van der Waals surface area contributed by atoms with Crippen molar-refractivity contribution >= 4 is 56.4 Å². The molecule has 0 saturated carbocycles. The summed E-state index contributed by atoms with van der Waals surface area (Å²) in [6, 6.07) is 4.23. The topological polar surface area (TPSA) is 132 Å². The maximum absolute atomic E-state index is 12.3. The highest BCUT2D eigenvalue weighted by molar-refractivity contribution is 7.88. The Balaban J connectivity index is 1.55. The van der Waals surface area contributed by atoms with E-state index in [0.717, 1.165) is 31.6 Å². The van der Waals surface area contributed by atoms with Crippen LogP contribution in [0.1, 0.15) is 25.7 Å². The van der Waals surface area contributed by atoms with Crippen molar-refractivity contribution in [2.75, 3.05) is 74.5 Å². The Morgan fingerprint density at radius 2 is 1.83 bits per heavy atom. The largest absolute Gasteiger partial charge is 0.494 e. The Morgan fingerprint density at radius 3 is 2.41 bits per heavy atom. The van der Waals surface area contributed by atoms with E-state index in [1.54, 1.807) is 13.2 Å². The predicted octanol–water partition coefficient (Wildman–Crippen LogP) is 3.37. The highest BCUT2D eigenvalue weighted by Gasteiger charge is 2.27. The Hall–Kier alpha value is -3.13. The number of piperidine rings is 2. The van der Waals surface area contributed by atoms with Crippen LogP contribution in [-0.2, 0) is 14.8 Å². The zero-order valence-corrected chi connectivity index (χ0v) is 25.6. The van der Waals surface area contributed by atoms with Crippen molar-refractivity contribution in [3.63, 3.8) is 0 Å². The van der Waals surface area contributed by atoms with Gasteiger partial charge in [0.1, 0.15) is 10.8 Å². The molecule has 1 aromatic carbocycles. The quantitative estimate of drug-likeness (QED) is 0.346. The van der Waals surface area contributed by atoms with E-state index < -0.39 is 10.0 Å². The van der Waals surface area contributed by atoms with Crippen LogP contribution >= 0.6 is 11.6 Å². The molecule has 41 heavy (non-hydrogen) atoms. The van der Waals surface area contributed by atoms with Crippen molar-refractivity contribution in [3.8, 4) is 5.75 Å². The van der Waals surface area contributed by atoms with Crippen LogP contribution in [0.15, 0.2) is 31.0 Å². The van der Waals surface area contributed by atoms with Crippen molar-refractivity contribution in [1.82, 2.24) is 19.2 Å². The van der Waals surface area contributed by atoms with Crippen LogP contribution in [-0.4, -0.2) is 99.2 Å². The second kappa shape index (κ2) is 13.2. The van der Waals surface area contributed by atoms with Gasteiger partial charge in [-0.1, -0.05) is 18.2 Å². The molecule has 14 heteroatoms. The number of hydrogen-bond acceptors (Lipinski definition) is 10. The molecular formula is C27H39ClN8O4S. The molecule has 2 fully saturated rings. The fourth-order valence-corrected chi connectivity index (χ4v) is 6.20. The van der Waals surface area contributed by atoms with Crippen LogP contribution in [0.3, 0.4) is 0 Å². The molecule has 12 nitrogen and oxygen atoms in total. The average Bonchev–Trinajstić information content (AvgIpc) is 2.94. The second-order valence-electron chi connectivity index (χ2n) is 10.5. The summed E-state index contributed by atoms with van der Waals surface area (Å²) in [6.45, 7) is 6.13. The Labute approximate surface area is 247 Å². The standard InChI is InChI=1S/C27H39ClN8O4S/c1-6-25(37)31-21-15-22(24(40-4)16-23(21)35-11-9-19(10-12-35)34(2)3)32-27-29-17-20(28)26(33-27)30-18-7-13-36(14-8-18)41(5,38)39/h6,15-19H,1,7-14H2,2-5H3,(H,31,37)(H2,29,30,32,33). The summed E-state index contributed by atoms with van der Waals surface area (Å²) in [6.07, 6.45) is 7.23. The number of carbonyl (C=O) groups is 1. The number of halogens is 1. The molecule has 2 aliphatic heterocycles. The van der Waals surface area contributed by atoms with Gasteiger partial charge in [-0.15, -0.1) is 0 Å². The number of sulfonamides is 1. The lowest BCUT2D eigenvalue weighted by molar-refractivity contribution is -0.111. The minimum Gasteiger partial charge on any atom is -0.494 e. The molecule has 3 heterocycles. The second-order valence-corrected chi connectivity index (χ2v) is 12.9. The first-order chi connectivity index (χ1) is 19.5. The van der Waals surface area contributed by atoms with Crippen LogP contribution in [0.25, 0.3) is 0 Å². The van der Waals surface area contributed by atoms with Crippen LogP contribution in [0.4, 0.5) is 28.8 Å². The number of hydrogen-bond donors (Lipinski definition) is 3. The zero-order chi connectivity index (χ0) is 29.7. The molecule has 0 unspecified atom stereocenters. The normalized spacial score (nSPS) is 17.4. The predicted molar refractivity (Wildman–Crippen MR) is 164 cm³/mol. The summed E-state index contributed by atoms with van der Waals surface area (Å²) < 4.78 is 30.9. The molecule has 1 aromatic heterocycles. The molecule has 4 rings (SSSR count). The lowest BCUT2D eigenvalue weighted by Crippen LogP contribution is -2.42. The van der Waals surface area contributed by atoms with Gasteiger partial charge in [0.2, 0.25) is 21.9 Å². The third-order valence-electron chi connectivity index (χ3n) is 7.55. The number of methoxy groups -OCH3 is 1. The summed E-state index contributed by atoms with van der Waals surface area (Å²) in [4.78, 5) is 25.8. The van der Waals surface area contributed by atoms with Crippen LogP contribution < -0.4 is 25.6 Å². The summed E-state index contributed by atoms with van der Waals surface area (Å²) in [5.74, 6) is 0.972. The van der Waals surface area contributed by atoms with Crippen LogP contribution in [0.5, 0.6) is 5.75 Å². The zero-order valence-electron chi connectivity index (χ0n) is 24.0. The van der Waals surface area contributed by atoms with Gasteiger partial charge in [0.15, 0.2) is 5.82 Å². The molecule has 0 bridgehead atoms. The number of ether oxygens (including phenoxy) is 1. The fourth-order valence-electron chi connectivity index (χ4n) is 5.18. The molecule has 1 amide bonds. The van der Waals surface area contributed by atoms with E-state index in [1.807, 2.05) is 6.07 Å². The molecule has 224 valence electrons. The average molecular weight is 607 g/mol. The van der Waals surface area contributed by atoms with Gasteiger partial charge in [-0.2, -0.15) is 4.98 Å². The van der Waals surface area contributed by atoms with Crippen molar-refractivity contribution < 1.29 is 17.9 Å². The van der Waals surface area contributed by atoms with Crippen molar-refractivity contribution in [3.05, 3.63) is 36.0 Å². The van der Waals surface area contributed by atoms with Gasteiger partial charge in [-0.3, -0.25) is 4.79 Å². The van der Waals surface area contributed by atoms with E-state index in [1.165, 1.54) is 22.8 Å². The van der Waals surface area contributed by atoms with Crippen molar-refractivity contribution in [1.29, 1.82) is 0 Å². The Bertz CT molecular complexity index is 1360. The number of amides is 1. The SMILES string of the molecule is C=CC(=O)Nc1cc(Nc2ncc(Cl)c(NC3CCN(S(C)(=O)=O)CC3)n2)c(OC)cc1N1CCC(N(C)C)CC1. The Kier molecular flexibility index (Phi) is 9.95. The van der Waals surface area contributed by atoms with Crippen molar-refractivity contribution in [2.24, 2.45) is 0 Å². The van der Waals surface area contributed by atoms with Gasteiger partial charge in [0.05, 0.1) is 36.6 Å². The van der Waals surface area contributed by atoms with E-state index in [9.17, 15) is 13.2 Å². The molecule has 0 spiro atoms. The smallest absolute Gasteiger partial charge is 0.247 e. The molecule has 0 radical (unpaired) electrons. The van der Waals surface area contributed by atoms with Gasteiger partial charge < -0.3 is 30.5 Å². The number of rotatable bonds is 10. The molecule has 2 aliphatic rings. The monoisotopic (exact) mass is 606 g/mol. The lowest BCUT2D eigenvalue weighted by atomic mass is 10.0. The fraction of sp³-hybridized carbons (Fsp3) is 0.519. The first-order valence-electron chi connectivity index (χ1n) is 13.6. The third kappa shape index (κ3) is 7.79. The summed E-state index contributed by atoms with van der Waals surface area (Å²) in [7, 11) is 2.57. The van der Waals surface area contributed by atoms with Gasteiger partial charge in [0.25, 0.3) is 0 Å². The summed E-state index contributed by atoms with van der Waals surface area (Å²) in [5.41, 5.74) is 2.04. The molecule has 3 N–H and O–H groups in total. The number of anilines is 5. The van der Waals surface area contributed by atoms with E-state index in [2.05, 4.69) is 56.4 Å². The first kappa shape index (κ1) is 30.8. The molecule has 2 aromatic rings. The van der Waals surface area contributed by atoms with Crippen LogP contribution in [0.2, 0.25) is 5.02 Å². The van der Waals surface area contributed by atoms with E-state index in [4.69, 9.17) is 16.3 Å². The van der Waals surface area contributed by atoms with Crippen molar-refractivity contribution in [2.45, 2.75) is 37.8 Å². The van der Waals surface area contributed by atoms with E-state index >= 15 is 0 Å². The minimum atomic E-state index is -3.21. The van der Waals surface area contributed by atoms with Gasteiger partial charge in [0, 0.05) is 44.3 Å². The maximum atomic E-state index is 12.3. The number of carbonyl (C=O) groups excluding carboxylic acids is 1. The van der Waals surface area contributed by atoms with E-state index in [0.29, 0.717) is 59.9 Å². The number of benzene rings is 1. The summed E-state index contributed by atoms with van der Waals surface area (Å²) >= 11 is 6.40. The minimum absolute atomic E-state index is 0.0134. The molecule has 0 atom stereocenters. The molecular weight excluding hydrogens is 568 g/mol. The van der Waals surface area contributed by atoms with Gasteiger partial charge in [-0.05, 0) is 51.9 Å². The summed E-state index contributed by atoms with van der Waals surface area (Å²) in [5, 5.41) is 9.82. The number of aromatic nitrogens is 2. The third-order valence-corrected chi connectivity index (χ3v) is 9.13. The maximum Gasteiger partial charge on any atom is 0.247 e.